The van der Waals surface area contributed by atoms with Crippen LogP contribution in [0.1, 0.15) is 40.8 Å². The van der Waals surface area contributed by atoms with Crippen LogP contribution in [0.4, 0.5) is 5.69 Å². The number of carbonyl (C=O) groups is 1. The van der Waals surface area contributed by atoms with Crippen LogP contribution in [-0.2, 0) is 0 Å². The van der Waals surface area contributed by atoms with Gasteiger partial charge in [-0.05, 0) is 55.5 Å². The van der Waals surface area contributed by atoms with Crippen LogP contribution >= 0.6 is 34.9 Å². The topological polar surface area (TPSA) is 104 Å². The van der Waals surface area contributed by atoms with Gasteiger partial charge < -0.3 is 15.1 Å². The van der Waals surface area contributed by atoms with Gasteiger partial charge in [0.2, 0.25) is 0 Å². The number of amides is 1. The normalized spacial score (nSPS) is 14.4. The molecule has 1 unspecified atom stereocenters. The zero-order valence-electron chi connectivity index (χ0n) is 17.4. The van der Waals surface area contributed by atoms with E-state index in [4.69, 9.17) is 11.6 Å². The third-order valence-corrected chi connectivity index (χ3v) is 7.60. The molecule has 0 aromatic carbocycles. The number of hydrogen-bond acceptors (Lipinski definition) is 8. The van der Waals surface area contributed by atoms with Gasteiger partial charge in [0.25, 0.3) is 5.91 Å². The largest absolute Gasteiger partial charge is 0.396 e. The number of nitrogens with zero attached hydrogens (tertiary/aromatic N) is 4. The molecule has 170 valence electrons. The van der Waals surface area contributed by atoms with Gasteiger partial charge in [-0.3, -0.25) is 9.78 Å². The fourth-order valence-corrected chi connectivity index (χ4v) is 5.13. The lowest BCUT2D eigenvalue weighted by atomic mass is 10.1. The van der Waals surface area contributed by atoms with Crippen molar-refractivity contribution in [1.82, 2.24) is 24.9 Å². The number of aliphatic hydroxyl groups excluding tert-OH is 1. The SMILES string of the molecule is O=C(NC(CCO)c1cc(NSC2CC2)ccn1)c1ncc(-c2cnn3ccc(Cl)cc23)s1. The summed E-state index contributed by atoms with van der Waals surface area (Å²) in [5, 5.41) is 18.5. The summed E-state index contributed by atoms with van der Waals surface area (Å²) < 4.78 is 5.07. The Bertz CT molecular complexity index is 1290. The molecule has 4 aromatic rings. The highest BCUT2D eigenvalue weighted by Crippen LogP contribution is 2.35. The zero-order chi connectivity index (χ0) is 22.8. The number of halogens is 1. The van der Waals surface area contributed by atoms with Gasteiger partial charge >= 0.3 is 0 Å². The quantitative estimate of drug-likeness (QED) is 0.289. The Labute approximate surface area is 203 Å². The second-order valence-electron chi connectivity index (χ2n) is 7.69. The van der Waals surface area contributed by atoms with Gasteiger partial charge in [0.15, 0.2) is 5.01 Å². The molecule has 33 heavy (non-hydrogen) atoms. The van der Waals surface area contributed by atoms with Gasteiger partial charge in [-0.15, -0.1) is 11.3 Å². The summed E-state index contributed by atoms with van der Waals surface area (Å²) in [5.74, 6) is -0.313. The van der Waals surface area contributed by atoms with Gasteiger partial charge in [-0.2, -0.15) is 5.10 Å². The van der Waals surface area contributed by atoms with E-state index in [9.17, 15) is 9.90 Å². The van der Waals surface area contributed by atoms with Crippen LogP contribution in [0, 0.1) is 0 Å². The molecule has 0 saturated heterocycles. The molecule has 3 N–H and O–H groups in total. The number of pyridine rings is 2. The van der Waals surface area contributed by atoms with Crippen molar-refractivity contribution in [1.29, 1.82) is 0 Å². The molecule has 11 heteroatoms. The summed E-state index contributed by atoms with van der Waals surface area (Å²) in [6.07, 6.45) is 9.71. The first-order chi connectivity index (χ1) is 16.1. The summed E-state index contributed by atoms with van der Waals surface area (Å²) in [5.41, 5.74) is 3.31. The van der Waals surface area contributed by atoms with Crippen LogP contribution in [0.25, 0.3) is 16.0 Å². The van der Waals surface area contributed by atoms with Crippen molar-refractivity contribution in [2.24, 2.45) is 0 Å². The smallest absolute Gasteiger partial charge is 0.280 e. The molecule has 1 atom stereocenters. The lowest BCUT2D eigenvalue weighted by Crippen LogP contribution is -2.29. The molecule has 1 aliphatic rings. The number of carbonyl (C=O) groups excluding carboxylic acids is 1. The average Bonchev–Trinajstić information content (AvgIpc) is 3.36. The summed E-state index contributed by atoms with van der Waals surface area (Å²) in [7, 11) is 0. The number of nitrogens with one attached hydrogen (secondary N) is 2. The lowest BCUT2D eigenvalue weighted by Gasteiger charge is -2.17. The van der Waals surface area contributed by atoms with Crippen LogP contribution in [-0.4, -0.2) is 42.5 Å². The number of rotatable bonds is 9. The molecule has 4 aromatic heterocycles. The highest BCUT2D eigenvalue weighted by Gasteiger charge is 2.23. The first kappa shape index (κ1) is 22.1. The highest BCUT2D eigenvalue weighted by molar-refractivity contribution is 8.01. The molecule has 1 saturated carbocycles. The van der Waals surface area contributed by atoms with Crippen molar-refractivity contribution in [3.8, 4) is 10.4 Å². The van der Waals surface area contributed by atoms with E-state index in [-0.39, 0.29) is 12.5 Å². The highest BCUT2D eigenvalue weighted by atomic mass is 35.5. The Kier molecular flexibility index (Phi) is 6.50. The molecular formula is C22H21ClN6O2S2. The van der Waals surface area contributed by atoms with Crippen molar-refractivity contribution < 1.29 is 9.90 Å². The maximum absolute atomic E-state index is 13.0. The van der Waals surface area contributed by atoms with Crippen molar-refractivity contribution in [3.05, 3.63) is 64.8 Å². The van der Waals surface area contributed by atoms with E-state index >= 15 is 0 Å². The first-order valence-corrected chi connectivity index (χ1v) is 12.6. The van der Waals surface area contributed by atoms with Crippen LogP contribution < -0.4 is 10.0 Å². The number of aromatic nitrogens is 4. The first-order valence-electron chi connectivity index (χ1n) is 10.5. The van der Waals surface area contributed by atoms with Crippen LogP contribution in [0.15, 0.2) is 49.1 Å². The molecule has 0 aliphatic heterocycles. The van der Waals surface area contributed by atoms with E-state index < -0.39 is 6.04 Å². The van der Waals surface area contributed by atoms with Crippen molar-refractivity contribution >= 4 is 52.0 Å². The van der Waals surface area contributed by atoms with Crippen LogP contribution in [0.5, 0.6) is 0 Å². The van der Waals surface area contributed by atoms with Crippen molar-refractivity contribution in [2.75, 3.05) is 11.3 Å². The molecule has 0 spiro atoms. The number of anilines is 1. The fraction of sp³-hybridized carbons (Fsp3) is 0.273. The van der Waals surface area contributed by atoms with Gasteiger partial charge in [-0.25, -0.2) is 9.50 Å². The minimum atomic E-state index is -0.432. The van der Waals surface area contributed by atoms with Gasteiger partial charge in [0.05, 0.1) is 28.3 Å². The third-order valence-electron chi connectivity index (χ3n) is 5.18. The predicted octanol–water partition coefficient (Wildman–Crippen LogP) is 4.58. The minimum Gasteiger partial charge on any atom is -0.396 e. The molecule has 1 fully saturated rings. The third kappa shape index (κ3) is 5.14. The average molecular weight is 501 g/mol. The van der Waals surface area contributed by atoms with E-state index in [1.807, 2.05) is 18.2 Å². The standard InChI is InChI=1S/C22H21ClN6O2S2/c23-13-4-7-29-19(9-13)16(11-26-29)20-12-25-22(32-20)21(31)27-17(5-8-30)18-10-14(3-6-24-18)28-33-15-1-2-15/h3-4,6-7,9-12,15,17,30H,1-2,5,8H2,(H,24,28)(H,27,31). The second kappa shape index (κ2) is 9.68. The Hall–Kier alpha value is -2.66. The summed E-state index contributed by atoms with van der Waals surface area (Å²) in [6, 6.07) is 6.97. The number of thiazole rings is 1. The van der Waals surface area contributed by atoms with Crippen LogP contribution in [0.3, 0.4) is 0 Å². The van der Waals surface area contributed by atoms with E-state index in [1.165, 1.54) is 24.2 Å². The maximum atomic E-state index is 13.0. The maximum Gasteiger partial charge on any atom is 0.280 e. The predicted molar refractivity (Wildman–Crippen MR) is 132 cm³/mol. The van der Waals surface area contributed by atoms with Gasteiger partial charge in [-0.1, -0.05) is 11.6 Å². The number of fused-ring (bicyclic) bond motifs is 1. The molecule has 8 nitrogen and oxygen atoms in total. The van der Waals surface area contributed by atoms with E-state index in [2.05, 4.69) is 25.1 Å². The molecule has 0 radical (unpaired) electrons. The molecule has 5 rings (SSSR count). The summed E-state index contributed by atoms with van der Waals surface area (Å²) in [4.78, 5) is 22.5. The Morgan fingerprint density at radius 2 is 2.18 bits per heavy atom. The molecule has 1 aliphatic carbocycles. The van der Waals surface area contributed by atoms with Gasteiger partial charge in [0, 0.05) is 46.7 Å². The Morgan fingerprint density at radius 3 is 3.00 bits per heavy atom. The Morgan fingerprint density at radius 1 is 1.30 bits per heavy atom. The zero-order valence-corrected chi connectivity index (χ0v) is 19.8. The summed E-state index contributed by atoms with van der Waals surface area (Å²) in [6.45, 7) is -0.0760. The lowest BCUT2D eigenvalue weighted by molar-refractivity contribution is 0.0928. The van der Waals surface area contributed by atoms with E-state index in [0.29, 0.717) is 27.4 Å². The monoisotopic (exact) mass is 500 g/mol. The molecule has 0 bridgehead atoms. The van der Waals surface area contributed by atoms with E-state index in [1.54, 1.807) is 47.3 Å². The number of aliphatic hydroxyl groups is 1. The molecule has 1 amide bonds. The second-order valence-corrected chi connectivity index (χ2v) is 10.3. The molecular weight excluding hydrogens is 480 g/mol. The summed E-state index contributed by atoms with van der Waals surface area (Å²) >= 11 is 9.12. The Balaban J connectivity index is 1.33. The molecule has 4 heterocycles. The van der Waals surface area contributed by atoms with Gasteiger partial charge in [0.1, 0.15) is 0 Å². The minimum absolute atomic E-state index is 0.0760. The van der Waals surface area contributed by atoms with Crippen LogP contribution in [0.2, 0.25) is 5.02 Å². The van der Waals surface area contributed by atoms with Crippen molar-refractivity contribution in [3.63, 3.8) is 0 Å². The van der Waals surface area contributed by atoms with E-state index in [0.717, 1.165) is 21.6 Å². The number of hydrogen-bond donors (Lipinski definition) is 3. The van der Waals surface area contributed by atoms with Crippen molar-refractivity contribution in [2.45, 2.75) is 30.6 Å². The fourth-order valence-electron chi connectivity index (χ4n) is 3.33.